The summed E-state index contributed by atoms with van der Waals surface area (Å²) in [5.74, 6) is -0.246. The molecule has 0 radical (unpaired) electrons. The molecule has 4 rings (SSSR count). The van der Waals surface area contributed by atoms with Gasteiger partial charge in [0.15, 0.2) is 11.2 Å². The van der Waals surface area contributed by atoms with Crippen molar-refractivity contribution in [3.05, 3.63) is 69.1 Å². The molecular formula is C22H25N5O3. The number of amides is 1. The van der Waals surface area contributed by atoms with Gasteiger partial charge < -0.3 is 5.32 Å². The number of hydrogen-bond acceptors (Lipinski definition) is 5. The highest BCUT2D eigenvalue weighted by Gasteiger charge is 2.20. The second-order valence-electron chi connectivity index (χ2n) is 7.69. The zero-order chi connectivity index (χ0) is 20.9. The summed E-state index contributed by atoms with van der Waals surface area (Å²) in [7, 11) is 0. The van der Waals surface area contributed by atoms with E-state index in [0.29, 0.717) is 6.42 Å². The summed E-state index contributed by atoms with van der Waals surface area (Å²) in [5, 5.41) is 3.02. The lowest BCUT2D eigenvalue weighted by atomic mass is 9.95. The Morgan fingerprint density at radius 3 is 2.50 bits per heavy atom. The van der Waals surface area contributed by atoms with E-state index in [2.05, 4.69) is 15.3 Å². The van der Waals surface area contributed by atoms with Crippen LogP contribution in [0.5, 0.6) is 0 Å². The fraction of sp³-hybridized carbons (Fsp3) is 0.409. The quantitative estimate of drug-likeness (QED) is 0.670. The summed E-state index contributed by atoms with van der Waals surface area (Å²) in [4.78, 5) is 47.0. The van der Waals surface area contributed by atoms with E-state index in [1.807, 2.05) is 30.3 Å². The number of nitrogens with zero attached hydrogens (tertiary/aromatic N) is 4. The number of nitrogens with one attached hydrogen (secondary N) is 1. The zero-order valence-corrected chi connectivity index (χ0v) is 16.8. The molecule has 1 N–H and O–H groups in total. The number of aromatic nitrogens is 4. The minimum absolute atomic E-state index is 0.0932. The summed E-state index contributed by atoms with van der Waals surface area (Å²) in [6.45, 7) is 0.0224. The molecule has 1 amide bonds. The molecule has 30 heavy (non-hydrogen) atoms. The van der Waals surface area contributed by atoms with Crippen molar-refractivity contribution in [3.8, 4) is 0 Å². The third-order valence-corrected chi connectivity index (χ3v) is 5.58. The maximum absolute atomic E-state index is 13.1. The van der Waals surface area contributed by atoms with Crippen LogP contribution in [0.15, 0.2) is 52.3 Å². The molecule has 0 unspecified atom stereocenters. The molecule has 1 aliphatic carbocycles. The van der Waals surface area contributed by atoms with Gasteiger partial charge in [-0.2, -0.15) is 0 Å². The Kier molecular flexibility index (Phi) is 6.02. The SMILES string of the molecule is O=C(Cn1c(=O)n(CCc2ccccc2)c(=O)c2nccnc21)NC1CCCCC1. The molecule has 8 nitrogen and oxygen atoms in total. The Hall–Kier alpha value is -3.29. The number of hydrogen-bond donors (Lipinski definition) is 1. The van der Waals surface area contributed by atoms with Crippen LogP contribution < -0.4 is 16.6 Å². The Morgan fingerprint density at radius 2 is 1.73 bits per heavy atom. The second kappa shape index (κ2) is 9.02. The summed E-state index contributed by atoms with van der Waals surface area (Å²) in [6.07, 6.45) is 8.67. The number of rotatable bonds is 6. The van der Waals surface area contributed by atoms with E-state index in [1.165, 1.54) is 23.4 Å². The molecule has 0 bridgehead atoms. The van der Waals surface area contributed by atoms with Crippen molar-refractivity contribution in [2.75, 3.05) is 0 Å². The van der Waals surface area contributed by atoms with Crippen LogP contribution in [0.1, 0.15) is 37.7 Å². The molecular weight excluding hydrogens is 382 g/mol. The third-order valence-electron chi connectivity index (χ3n) is 5.58. The van der Waals surface area contributed by atoms with Crippen LogP contribution >= 0.6 is 0 Å². The standard InChI is InChI=1S/C22H25N5O3/c28-18(25-17-9-5-2-6-10-17)15-27-20-19(23-12-13-24-20)21(29)26(22(27)30)14-11-16-7-3-1-4-8-16/h1,3-4,7-8,12-13,17H,2,5-6,9-11,14-15H2,(H,25,28). The Morgan fingerprint density at radius 1 is 1.00 bits per heavy atom. The highest BCUT2D eigenvalue weighted by atomic mass is 16.2. The minimum atomic E-state index is -0.539. The van der Waals surface area contributed by atoms with Crippen molar-refractivity contribution in [2.45, 2.75) is 57.7 Å². The topological polar surface area (TPSA) is 98.9 Å². The van der Waals surface area contributed by atoms with Crippen LogP contribution in [0.4, 0.5) is 0 Å². The van der Waals surface area contributed by atoms with Crippen molar-refractivity contribution in [3.63, 3.8) is 0 Å². The van der Waals surface area contributed by atoms with Crippen LogP contribution in [0.2, 0.25) is 0 Å². The van der Waals surface area contributed by atoms with Gasteiger partial charge in [0.2, 0.25) is 5.91 Å². The first-order chi connectivity index (χ1) is 14.6. The molecule has 1 aromatic carbocycles. The van der Waals surface area contributed by atoms with Crippen LogP contribution in [-0.4, -0.2) is 31.1 Å². The minimum Gasteiger partial charge on any atom is -0.352 e. The van der Waals surface area contributed by atoms with E-state index in [4.69, 9.17) is 0 Å². The van der Waals surface area contributed by atoms with Crippen molar-refractivity contribution in [1.82, 2.24) is 24.4 Å². The Bertz CT molecular complexity index is 1150. The summed E-state index contributed by atoms with van der Waals surface area (Å²) < 4.78 is 2.41. The summed E-state index contributed by atoms with van der Waals surface area (Å²) in [5.41, 5.74) is 0.230. The lowest BCUT2D eigenvalue weighted by molar-refractivity contribution is -0.122. The number of carbonyl (C=O) groups excluding carboxylic acids is 1. The van der Waals surface area contributed by atoms with Crippen molar-refractivity contribution < 1.29 is 4.79 Å². The van der Waals surface area contributed by atoms with Gasteiger partial charge in [-0.25, -0.2) is 14.8 Å². The molecule has 8 heteroatoms. The van der Waals surface area contributed by atoms with Crippen molar-refractivity contribution in [2.24, 2.45) is 0 Å². The number of aryl methyl sites for hydroxylation is 1. The maximum Gasteiger partial charge on any atom is 0.333 e. The van der Waals surface area contributed by atoms with Crippen LogP contribution in [0.3, 0.4) is 0 Å². The lowest BCUT2D eigenvalue weighted by Gasteiger charge is -2.23. The van der Waals surface area contributed by atoms with E-state index in [-0.39, 0.29) is 36.2 Å². The van der Waals surface area contributed by atoms with E-state index < -0.39 is 11.2 Å². The molecule has 0 atom stereocenters. The highest BCUT2D eigenvalue weighted by Crippen LogP contribution is 2.17. The maximum atomic E-state index is 13.1. The van der Waals surface area contributed by atoms with Crippen molar-refractivity contribution in [1.29, 1.82) is 0 Å². The zero-order valence-electron chi connectivity index (χ0n) is 16.8. The summed E-state index contributed by atoms with van der Waals surface area (Å²) >= 11 is 0. The van der Waals surface area contributed by atoms with Gasteiger partial charge in [-0.3, -0.25) is 18.7 Å². The van der Waals surface area contributed by atoms with E-state index in [0.717, 1.165) is 35.8 Å². The van der Waals surface area contributed by atoms with Gasteiger partial charge in [-0.05, 0) is 24.8 Å². The fourth-order valence-corrected chi connectivity index (χ4v) is 4.02. The molecule has 2 aromatic heterocycles. The van der Waals surface area contributed by atoms with Gasteiger partial charge in [-0.15, -0.1) is 0 Å². The normalized spacial score (nSPS) is 14.7. The first-order valence-corrected chi connectivity index (χ1v) is 10.4. The average Bonchev–Trinajstić information content (AvgIpc) is 2.78. The van der Waals surface area contributed by atoms with Gasteiger partial charge in [-0.1, -0.05) is 49.6 Å². The average molecular weight is 407 g/mol. The van der Waals surface area contributed by atoms with Gasteiger partial charge in [0.05, 0.1) is 0 Å². The van der Waals surface area contributed by atoms with Gasteiger partial charge in [0.25, 0.3) is 5.56 Å². The van der Waals surface area contributed by atoms with E-state index >= 15 is 0 Å². The van der Waals surface area contributed by atoms with Crippen LogP contribution in [0.25, 0.3) is 11.2 Å². The molecule has 0 saturated heterocycles. The largest absolute Gasteiger partial charge is 0.352 e. The summed E-state index contributed by atoms with van der Waals surface area (Å²) in [6, 6.07) is 9.78. The second-order valence-corrected chi connectivity index (χ2v) is 7.69. The van der Waals surface area contributed by atoms with E-state index in [1.54, 1.807) is 0 Å². The number of carbonyl (C=O) groups is 1. The molecule has 3 aromatic rings. The molecule has 1 saturated carbocycles. The van der Waals surface area contributed by atoms with Crippen LogP contribution in [-0.2, 0) is 24.3 Å². The third kappa shape index (κ3) is 4.32. The van der Waals surface area contributed by atoms with Gasteiger partial charge >= 0.3 is 5.69 Å². The molecule has 2 heterocycles. The fourth-order valence-electron chi connectivity index (χ4n) is 4.02. The monoisotopic (exact) mass is 407 g/mol. The van der Waals surface area contributed by atoms with Gasteiger partial charge in [0, 0.05) is 25.0 Å². The first-order valence-electron chi connectivity index (χ1n) is 10.4. The lowest BCUT2D eigenvalue weighted by Crippen LogP contribution is -2.45. The number of fused-ring (bicyclic) bond motifs is 1. The Labute approximate surface area is 173 Å². The molecule has 156 valence electrons. The smallest absolute Gasteiger partial charge is 0.333 e. The Balaban J connectivity index is 1.65. The predicted octanol–water partition coefficient (Wildman–Crippen LogP) is 1.64. The molecule has 1 aliphatic rings. The highest BCUT2D eigenvalue weighted by molar-refractivity contribution is 5.78. The molecule has 0 spiro atoms. The first kappa shape index (κ1) is 20.0. The molecule has 0 aliphatic heterocycles. The number of benzene rings is 1. The van der Waals surface area contributed by atoms with Crippen molar-refractivity contribution >= 4 is 17.1 Å². The predicted molar refractivity (Wildman–Crippen MR) is 113 cm³/mol. The van der Waals surface area contributed by atoms with Crippen LogP contribution in [0, 0.1) is 0 Å². The van der Waals surface area contributed by atoms with E-state index in [9.17, 15) is 14.4 Å². The molecule has 1 fully saturated rings. The van der Waals surface area contributed by atoms with Gasteiger partial charge in [0.1, 0.15) is 6.54 Å².